The van der Waals surface area contributed by atoms with E-state index in [0.29, 0.717) is 16.0 Å². The first-order valence-corrected chi connectivity index (χ1v) is 6.38. The maximum atomic E-state index is 6.28. The number of rotatable bonds is 1. The van der Waals surface area contributed by atoms with Gasteiger partial charge in [0, 0.05) is 5.56 Å². The van der Waals surface area contributed by atoms with Crippen LogP contribution in [0.25, 0.3) is 5.65 Å². The number of nitrogens with zero attached hydrogens (tertiary/aromatic N) is 3. The minimum absolute atomic E-state index is 0.209. The van der Waals surface area contributed by atoms with Gasteiger partial charge in [-0.2, -0.15) is 5.10 Å². The molecule has 0 radical (unpaired) electrons. The molecule has 0 aromatic carbocycles. The number of hydrogen-bond acceptors (Lipinski definition) is 2. The van der Waals surface area contributed by atoms with Crippen molar-refractivity contribution in [2.24, 2.45) is 0 Å². The third-order valence-electron chi connectivity index (χ3n) is 2.38. The van der Waals surface area contributed by atoms with Gasteiger partial charge in [0.05, 0.1) is 10.2 Å². The molecule has 0 fully saturated rings. The molecule has 2 aromatic rings. The van der Waals surface area contributed by atoms with Crippen molar-refractivity contribution in [3.8, 4) is 0 Å². The largest absolute Gasteiger partial charge is 0.215 e. The van der Waals surface area contributed by atoms with Crippen molar-refractivity contribution in [3.63, 3.8) is 0 Å². The zero-order valence-corrected chi connectivity index (χ0v) is 12.2. The van der Waals surface area contributed by atoms with Gasteiger partial charge < -0.3 is 0 Å². The SMILES string of the molecule is Cc1nn2c(Cl)c(C(C)C)c(Cl)nc2c1Br. The summed E-state index contributed by atoms with van der Waals surface area (Å²) in [5.74, 6) is 0.209. The van der Waals surface area contributed by atoms with E-state index in [-0.39, 0.29) is 5.92 Å². The van der Waals surface area contributed by atoms with Gasteiger partial charge in [0.1, 0.15) is 10.3 Å². The third-order valence-corrected chi connectivity index (χ3v) is 3.96. The molecule has 0 spiro atoms. The monoisotopic (exact) mass is 321 g/mol. The Balaban J connectivity index is 2.89. The Labute approximate surface area is 112 Å². The summed E-state index contributed by atoms with van der Waals surface area (Å²) in [7, 11) is 0. The van der Waals surface area contributed by atoms with Crippen molar-refractivity contribution in [1.29, 1.82) is 0 Å². The van der Waals surface area contributed by atoms with E-state index in [0.717, 1.165) is 15.7 Å². The summed E-state index contributed by atoms with van der Waals surface area (Å²) in [6.45, 7) is 5.93. The van der Waals surface area contributed by atoms with Crippen LogP contribution < -0.4 is 0 Å². The second-order valence-electron chi connectivity index (χ2n) is 3.90. The van der Waals surface area contributed by atoms with Crippen LogP contribution in [-0.4, -0.2) is 14.6 Å². The molecule has 6 heteroatoms. The second kappa shape index (κ2) is 4.17. The van der Waals surface area contributed by atoms with Crippen molar-refractivity contribution < 1.29 is 0 Å². The van der Waals surface area contributed by atoms with Gasteiger partial charge in [0.25, 0.3) is 0 Å². The molecule has 0 aliphatic carbocycles. The molecule has 0 saturated heterocycles. The van der Waals surface area contributed by atoms with Crippen LogP contribution in [-0.2, 0) is 0 Å². The molecule has 0 saturated carbocycles. The minimum Gasteiger partial charge on any atom is -0.215 e. The lowest BCUT2D eigenvalue weighted by molar-refractivity contribution is 0.818. The van der Waals surface area contributed by atoms with E-state index in [9.17, 15) is 0 Å². The van der Waals surface area contributed by atoms with Crippen LogP contribution in [0.1, 0.15) is 31.0 Å². The first-order valence-electron chi connectivity index (χ1n) is 4.83. The molecule has 2 heterocycles. The molecule has 16 heavy (non-hydrogen) atoms. The summed E-state index contributed by atoms with van der Waals surface area (Å²) < 4.78 is 2.44. The number of aryl methyl sites for hydroxylation is 1. The molecule has 0 N–H and O–H groups in total. The van der Waals surface area contributed by atoms with Gasteiger partial charge in [-0.25, -0.2) is 9.50 Å². The molecule has 0 bridgehead atoms. The van der Waals surface area contributed by atoms with Crippen LogP contribution in [0.4, 0.5) is 0 Å². The highest BCUT2D eigenvalue weighted by Crippen LogP contribution is 2.33. The lowest BCUT2D eigenvalue weighted by Crippen LogP contribution is -2.01. The molecule has 2 aromatic heterocycles. The molecule has 0 unspecified atom stereocenters. The van der Waals surface area contributed by atoms with E-state index >= 15 is 0 Å². The fraction of sp³-hybridized carbons (Fsp3) is 0.400. The third kappa shape index (κ3) is 1.73. The van der Waals surface area contributed by atoms with Gasteiger partial charge in [0.15, 0.2) is 5.65 Å². The second-order valence-corrected chi connectivity index (χ2v) is 5.41. The first-order chi connectivity index (χ1) is 7.43. The Morgan fingerprint density at radius 3 is 2.50 bits per heavy atom. The average Bonchev–Trinajstić information content (AvgIpc) is 2.45. The molecule has 2 rings (SSSR count). The van der Waals surface area contributed by atoms with Gasteiger partial charge in [-0.05, 0) is 28.8 Å². The van der Waals surface area contributed by atoms with Gasteiger partial charge >= 0.3 is 0 Å². The van der Waals surface area contributed by atoms with E-state index in [1.165, 1.54) is 0 Å². The van der Waals surface area contributed by atoms with Gasteiger partial charge in [-0.1, -0.05) is 37.0 Å². The number of halogens is 3. The van der Waals surface area contributed by atoms with Crippen LogP contribution in [0.15, 0.2) is 4.47 Å². The smallest absolute Gasteiger partial charge is 0.172 e. The predicted molar refractivity (Wildman–Crippen MR) is 69.5 cm³/mol. The molecule has 3 nitrogen and oxygen atoms in total. The fourth-order valence-electron chi connectivity index (χ4n) is 1.56. The molecule has 0 amide bonds. The maximum Gasteiger partial charge on any atom is 0.172 e. The normalized spacial score (nSPS) is 11.7. The van der Waals surface area contributed by atoms with Crippen LogP contribution in [0, 0.1) is 6.92 Å². The van der Waals surface area contributed by atoms with Crippen molar-refractivity contribution >= 4 is 44.8 Å². The van der Waals surface area contributed by atoms with E-state index in [1.807, 2.05) is 20.8 Å². The zero-order valence-electron chi connectivity index (χ0n) is 9.05. The van der Waals surface area contributed by atoms with Crippen molar-refractivity contribution in [2.75, 3.05) is 0 Å². The first kappa shape index (κ1) is 12.1. The summed E-state index contributed by atoms with van der Waals surface area (Å²) in [5.41, 5.74) is 2.31. The highest BCUT2D eigenvalue weighted by atomic mass is 79.9. The summed E-state index contributed by atoms with van der Waals surface area (Å²) in [6.07, 6.45) is 0. The highest BCUT2D eigenvalue weighted by Gasteiger charge is 2.19. The molecule has 86 valence electrons. The number of fused-ring (bicyclic) bond motifs is 1. The lowest BCUT2D eigenvalue weighted by Gasteiger charge is -2.10. The summed E-state index contributed by atoms with van der Waals surface area (Å²) in [6, 6.07) is 0. The minimum atomic E-state index is 0.209. The maximum absolute atomic E-state index is 6.28. The Kier molecular flexibility index (Phi) is 3.16. The number of aromatic nitrogens is 3. The quantitative estimate of drug-likeness (QED) is 0.735. The van der Waals surface area contributed by atoms with Crippen molar-refractivity contribution in [3.05, 3.63) is 26.0 Å². The van der Waals surface area contributed by atoms with Gasteiger partial charge in [0.2, 0.25) is 0 Å². The zero-order chi connectivity index (χ0) is 12.0. The van der Waals surface area contributed by atoms with Crippen molar-refractivity contribution in [1.82, 2.24) is 14.6 Å². The Bertz CT molecular complexity index is 563. The van der Waals surface area contributed by atoms with Crippen molar-refractivity contribution in [2.45, 2.75) is 26.7 Å². The number of hydrogen-bond donors (Lipinski definition) is 0. The summed E-state index contributed by atoms with van der Waals surface area (Å²) in [4.78, 5) is 4.31. The van der Waals surface area contributed by atoms with E-state index < -0.39 is 0 Å². The van der Waals surface area contributed by atoms with Gasteiger partial charge in [-0.3, -0.25) is 0 Å². The van der Waals surface area contributed by atoms with Crippen LogP contribution in [0.5, 0.6) is 0 Å². The van der Waals surface area contributed by atoms with Gasteiger partial charge in [-0.15, -0.1) is 0 Å². The molecular formula is C10H10BrCl2N3. The van der Waals surface area contributed by atoms with Crippen LogP contribution >= 0.6 is 39.1 Å². The van der Waals surface area contributed by atoms with Crippen LogP contribution in [0.3, 0.4) is 0 Å². The predicted octanol–water partition coefficient (Wildman–Crippen LogP) is 4.23. The standard InChI is InChI=1S/C10H10BrCl2N3/c1-4(2)6-8(12)14-10-7(11)5(3)15-16(10)9(6)13/h4H,1-3H3. The highest BCUT2D eigenvalue weighted by molar-refractivity contribution is 9.10. The summed E-state index contributed by atoms with van der Waals surface area (Å²) >= 11 is 15.8. The molecule has 0 atom stereocenters. The van der Waals surface area contributed by atoms with E-state index in [1.54, 1.807) is 4.52 Å². The Morgan fingerprint density at radius 2 is 1.94 bits per heavy atom. The van der Waals surface area contributed by atoms with Crippen LogP contribution in [0.2, 0.25) is 10.3 Å². The molecular weight excluding hydrogens is 313 g/mol. The van der Waals surface area contributed by atoms with E-state index in [4.69, 9.17) is 23.2 Å². The Morgan fingerprint density at radius 1 is 1.31 bits per heavy atom. The topological polar surface area (TPSA) is 30.2 Å². The average molecular weight is 323 g/mol. The van der Waals surface area contributed by atoms with E-state index in [2.05, 4.69) is 26.0 Å². The fourth-order valence-corrected chi connectivity index (χ4v) is 2.76. The molecule has 0 aliphatic heterocycles. The Hall–Kier alpha value is -0.320. The summed E-state index contributed by atoms with van der Waals surface area (Å²) in [5, 5.41) is 5.28. The molecule has 0 aliphatic rings. The lowest BCUT2D eigenvalue weighted by atomic mass is 10.1.